The number of hydrogen-bond donors (Lipinski definition) is 2. The Morgan fingerprint density at radius 2 is 1.62 bits per heavy atom. The van der Waals surface area contributed by atoms with Gasteiger partial charge < -0.3 is 19.9 Å². The lowest BCUT2D eigenvalue weighted by molar-refractivity contribution is 0.471. The number of rotatable bonds is 4. The van der Waals surface area contributed by atoms with Gasteiger partial charge in [-0.15, -0.1) is 0 Å². The maximum Gasteiger partial charge on any atom is 0.174 e. The van der Waals surface area contributed by atoms with E-state index < -0.39 is 0 Å². The van der Waals surface area contributed by atoms with E-state index in [2.05, 4.69) is 71.7 Å². The molecule has 5 rings (SSSR count). The summed E-state index contributed by atoms with van der Waals surface area (Å²) in [6.45, 7) is 8.39. The van der Waals surface area contributed by atoms with Crippen molar-refractivity contribution in [2.24, 2.45) is 0 Å². The highest BCUT2D eigenvalue weighted by atomic mass is 32.1. The normalized spacial score (nSPS) is 17.8. The molecule has 2 aromatic carbocycles. The van der Waals surface area contributed by atoms with Crippen LogP contribution in [0.5, 0.6) is 5.75 Å². The predicted molar refractivity (Wildman–Crippen MR) is 141 cm³/mol. The molecule has 0 aliphatic carbocycles. The van der Waals surface area contributed by atoms with Crippen LogP contribution in [0, 0.1) is 27.7 Å². The third-order valence-electron chi connectivity index (χ3n) is 6.49. The number of pyridine rings is 1. The average molecular weight is 469 g/mol. The van der Waals surface area contributed by atoms with Crippen LogP contribution in [0.25, 0.3) is 5.69 Å². The maximum absolute atomic E-state index is 10.6. The number of nitrogens with one attached hydrogen (secondary N) is 1. The molecule has 0 spiro atoms. The smallest absolute Gasteiger partial charge is 0.174 e. The fraction of sp³-hybridized carbons (Fsp3) is 0.214. The van der Waals surface area contributed by atoms with Crippen LogP contribution in [0.4, 0.5) is 5.69 Å². The van der Waals surface area contributed by atoms with Crippen molar-refractivity contribution >= 4 is 23.0 Å². The van der Waals surface area contributed by atoms with Gasteiger partial charge in [0.2, 0.25) is 0 Å². The molecule has 3 heterocycles. The molecule has 2 aromatic heterocycles. The largest absolute Gasteiger partial charge is 0.506 e. The van der Waals surface area contributed by atoms with E-state index in [1.807, 2.05) is 42.6 Å². The third-order valence-corrected chi connectivity index (χ3v) is 6.81. The van der Waals surface area contributed by atoms with Gasteiger partial charge in [-0.05, 0) is 99.1 Å². The molecule has 5 nitrogen and oxygen atoms in total. The Hall–Kier alpha value is -3.64. The third kappa shape index (κ3) is 3.74. The van der Waals surface area contributed by atoms with Gasteiger partial charge in [0.05, 0.1) is 23.5 Å². The van der Waals surface area contributed by atoms with Crippen LogP contribution < -0.4 is 10.2 Å². The molecule has 1 aliphatic heterocycles. The molecule has 2 atom stereocenters. The molecule has 0 saturated carbocycles. The molecular formula is C28H28N4OS. The first-order chi connectivity index (χ1) is 16.3. The van der Waals surface area contributed by atoms with E-state index in [9.17, 15) is 5.11 Å². The summed E-state index contributed by atoms with van der Waals surface area (Å²) in [6, 6.07) is 21.9. The predicted octanol–water partition coefficient (Wildman–Crippen LogP) is 5.99. The molecule has 34 heavy (non-hydrogen) atoms. The maximum atomic E-state index is 10.6. The van der Waals surface area contributed by atoms with E-state index >= 15 is 0 Å². The summed E-state index contributed by atoms with van der Waals surface area (Å²) in [7, 11) is 0. The summed E-state index contributed by atoms with van der Waals surface area (Å²) < 4.78 is 2.11. The Labute approximate surface area is 205 Å². The Bertz CT molecular complexity index is 1360. The summed E-state index contributed by atoms with van der Waals surface area (Å²) in [4.78, 5) is 6.88. The Balaban J connectivity index is 1.71. The second kappa shape index (κ2) is 8.61. The van der Waals surface area contributed by atoms with E-state index in [0.29, 0.717) is 5.11 Å². The van der Waals surface area contributed by atoms with E-state index in [1.54, 1.807) is 6.07 Å². The van der Waals surface area contributed by atoms with Gasteiger partial charge in [0.15, 0.2) is 5.11 Å². The molecule has 0 radical (unpaired) electrons. The zero-order valence-electron chi connectivity index (χ0n) is 19.8. The quantitative estimate of drug-likeness (QED) is 0.361. The van der Waals surface area contributed by atoms with Crippen molar-refractivity contribution in [2.75, 3.05) is 4.90 Å². The number of aromatic nitrogens is 2. The molecule has 4 aromatic rings. The van der Waals surface area contributed by atoms with Gasteiger partial charge in [-0.2, -0.15) is 0 Å². The Morgan fingerprint density at radius 1 is 0.912 bits per heavy atom. The molecule has 6 heteroatoms. The van der Waals surface area contributed by atoms with Gasteiger partial charge in [0.25, 0.3) is 0 Å². The number of phenols is 1. The number of aryl methyl sites for hydroxylation is 3. The fourth-order valence-electron chi connectivity index (χ4n) is 5.15. The molecule has 172 valence electrons. The number of benzene rings is 2. The zero-order chi connectivity index (χ0) is 24.0. The minimum Gasteiger partial charge on any atom is -0.506 e. The summed E-state index contributed by atoms with van der Waals surface area (Å²) in [5.74, 6) is 0.253. The lowest BCUT2D eigenvalue weighted by Gasteiger charge is -2.29. The molecule has 1 saturated heterocycles. The number of aromatic hydroxyl groups is 1. The Kier molecular flexibility index (Phi) is 5.62. The highest BCUT2D eigenvalue weighted by molar-refractivity contribution is 7.80. The summed E-state index contributed by atoms with van der Waals surface area (Å²) in [6.07, 6.45) is 1.82. The minimum absolute atomic E-state index is 0.102. The first-order valence-corrected chi connectivity index (χ1v) is 11.8. The number of thiocarbonyl (C=S) groups is 1. The molecular weight excluding hydrogens is 440 g/mol. The summed E-state index contributed by atoms with van der Waals surface area (Å²) in [5, 5.41) is 14.8. The van der Waals surface area contributed by atoms with Gasteiger partial charge in [-0.3, -0.25) is 4.98 Å². The van der Waals surface area contributed by atoms with Gasteiger partial charge in [-0.25, -0.2) is 0 Å². The lowest BCUT2D eigenvalue weighted by Crippen LogP contribution is -2.29. The first-order valence-electron chi connectivity index (χ1n) is 11.4. The van der Waals surface area contributed by atoms with Crippen molar-refractivity contribution < 1.29 is 5.11 Å². The van der Waals surface area contributed by atoms with Crippen molar-refractivity contribution in [1.29, 1.82) is 0 Å². The number of hydrogen-bond acceptors (Lipinski definition) is 3. The van der Waals surface area contributed by atoms with Crippen molar-refractivity contribution in [1.82, 2.24) is 14.9 Å². The number of phenolic OH excluding ortho intramolecular Hbond substituents is 1. The van der Waals surface area contributed by atoms with Crippen LogP contribution in [0.15, 0.2) is 72.9 Å². The second-order valence-electron chi connectivity index (χ2n) is 8.99. The molecule has 0 amide bonds. The number of nitrogens with zero attached hydrogens (tertiary/aromatic N) is 3. The SMILES string of the molecule is Cc1cc(C)cc(N2C(=S)N[C@H](c3ccccn3)[C@H]2c2cc(C)n(-c3ccccc3O)c2C)c1. The van der Waals surface area contributed by atoms with Gasteiger partial charge >= 0.3 is 0 Å². The average Bonchev–Trinajstić information content (AvgIpc) is 3.29. The van der Waals surface area contributed by atoms with Crippen LogP contribution >= 0.6 is 12.2 Å². The topological polar surface area (TPSA) is 53.3 Å². The van der Waals surface area contributed by atoms with Crippen molar-refractivity contribution in [3.05, 3.63) is 107 Å². The van der Waals surface area contributed by atoms with E-state index in [0.717, 1.165) is 34.0 Å². The van der Waals surface area contributed by atoms with Gasteiger partial charge in [0, 0.05) is 23.3 Å². The second-order valence-corrected chi connectivity index (χ2v) is 9.38. The summed E-state index contributed by atoms with van der Waals surface area (Å²) in [5.41, 5.74) is 8.40. The molecule has 0 bridgehead atoms. The standard InChI is InChI=1S/C28H28N4OS/c1-17-13-18(2)15-21(14-17)32-27(26(30-28(32)34)23-9-7-8-12-29-23)22-16-19(3)31(20(22)4)24-10-5-6-11-25(24)33/h5-16,26-27,33H,1-4H3,(H,30,34)/t26-,27-/m1/s1. The van der Waals surface area contributed by atoms with Crippen LogP contribution in [-0.2, 0) is 0 Å². The molecule has 1 aliphatic rings. The van der Waals surface area contributed by atoms with Crippen molar-refractivity contribution in [2.45, 2.75) is 39.8 Å². The Morgan fingerprint density at radius 3 is 2.29 bits per heavy atom. The van der Waals surface area contributed by atoms with E-state index in [-0.39, 0.29) is 17.8 Å². The van der Waals surface area contributed by atoms with Crippen LogP contribution in [0.2, 0.25) is 0 Å². The zero-order valence-corrected chi connectivity index (χ0v) is 20.6. The number of para-hydroxylation sites is 2. The van der Waals surface area contributed by atoms with Crippen LogP contribution in [0.1, 0.15) is 45.9 Å². The van der Waals surface area contributed by atoms with Gasteiger partial charge in [0.1, 0.15) is 5.75 Å². The molecule has 1 fully saturated rings. The highest BCUT2D eigenvalue weighted by Gasteiger charge is 2.42. The molecule has 0 unspecified atom stereocenters. The van der Waals surface area contributed by atoms with Crippen LogP contribution in [0.3, 0.4) is 0 Å². The van der Waals surface area contributed by atoms with E-state index in [4.69, 9.17) is 12.2 Å². The van der Waals surface area contributed by atoms with Crippen LogP contribution in [-0.4, -0.2) is 19.8 Å². The van der Waals surface area contributed by atoms with Crippen molar-refractivity contribution in [3.8, 4) is 11.4 Å². The first kappa shape index (κ1) is 22.2. The summed E-state index contributed by atoms with van der Waals surface area (Å²) >= 11 is 5.90. The fourth-order valence-corrected chi connectivity index (χ4v) is 5.50. The number of anilines is 1. The lowest BCUT2D eigenvalue weighted by atomic mass is 9.96. The minimum atomic E-state index is -0.118. The molecule has 2 N–H and O–H groups in total. The highest BCUT2D eigenvalue weighted by Crippen LogP contribution is 2.44. The van der Waals surface area contributed by atoms with E-state index in [1.165, 1.54) is 11.1 Å². The van der Waals surface area contributed by atoms with Crippen molar-refractivity contribution in [3.63, 3.8) is 0 Å². The van der Waals surface area contributed by atoms with Gasteiger partial charge in [-0.1, -0.05) is 24.3 Å². The monoisotopic (exact) mass is 468 g/mol.